The summed E-state index contributed by atoms with van der Waals surface area (Å²) >= 11 is 5.86. The van der Waals surface area contributed by atoms with Crippen molar-refractivity contribution in [1.29, 1.82) is 0 Å². The number of nitro groups is 1. The van der Waals surface area contributed by atoms with Crippen molar-refractivity contribution in [2.45, 2.75) is 6.92 Å². The molecule has 0 spiro atoms. The summed E-state index contributed by atoms with van der Waals surface area (Å²) in [7, 11) is 0. The van der Waals surface area contributed by atoms with Crippen LogP contribution >= 0.6 is 11.6 Å². The second kappa shape index (κ2) is 4.06. The van der Waals surface area contributed by atoms with Crippen LogP contribution in [0, 0.1) is 17.0 Å². The van der Waals surface area contributed by atoms with E-state index in [0.717, 1.165) is 0 Å². The van der Waals surface area contributed by atoms with Crippen LogP contribution in [0.2, 0.25) is 5.02 Å². The molecule has 0 fully saturated rings. The smallest absolute Gasteiger partial charge is 0.273 e. The lowest BCUT2D eigenvalue weighted by Gasteiger charge is -2.00. The summed E-state index contributed by atoms with van der Waals surface area (Å²) < 4.78 is 4.93. The van der Waals surface area contributed by atoms with Gasteiger partial charge in [0.2, 0.25) is 0 Å². The van der Waals surface area contributed by atoms with Gasteiger partial charge in [-0.15, -0.1) is 0 Å². The highest BCUT2D eigenvalue weighted by Crippen LogP contribution is 2.34. The zero-order chi connectivity index (χ0) is 12.6. The Morgan fingerprint density at radius 2 is 2.24 bits per heavy atom. The van der Waals surface area contributed by atoms with E-state index in [9.17, 15) is 10.1 Å². The van der Waals surface area contributed by atoms with Crippen molar-refractivity contribution in [3.05, 3.63) is 38.9 Å². The molecule has 0 aliphatic rings. The average molecular weight is 254 g/mol. The summed E-state index contributed by atoms with van der Waals surface area (Å²) in [5, 5.41) is 14.4. The standard InChI is InChI=1S/C10H8ClN3O3/c1-5-2-3-6(4-7(5)14(15)16)9-8(11)10(12)13-17-9/h2-4H,1H3,(H2,12,13). The lowest BCUT2D eigenvalue weighted by molar-refractivity contribution is -0.385. The van der Waals surface area contributed by atoms with E-state index in [4.69, 9.17) is 21.9 Å². The molecular weight excluding hydrogens is 246 g/mol. The van der Waals surface area contributed by atoms with Crippen LogP contribution in [0.4, 0.5) is 11.5 Å². The Balaban J connectivity index is 2.58. The molecule has 0 atom stereocenters. The summed E-state index contributed by atoms with van der Waals surface area (Å²) in [6, 6.07) is 4.65. The summed E-state index contributed by atoms with van der Waals surface area (Å²) in [5.74, 6) is 0.289. The Kier molecular flexibility index (Phi) is 2.72. The van der Waals surface area contributed by atoms with Crippen LogP contribution in [-0.2, 0) is 0 Å². The van der Waals surface area contributed by atoms with Gasteiger partial charge in [0.1, 0.15) is 5.02 Å². The van der Waals surface area contributed by atoms with E-state index >= 15 is 0 Å². The van der Waals surface area contributed by atoms with Gasteiger partial charge in [-0.2, -0.15) is 0 Å². The maximum Gasteiger partial charge on any atom is 0.273 e. The highest BCUT2D eigenvalue weighted by molar-refractivity contribution is 6.35. The fourth-order valence-electron chi connectivity index (χ4n) is 1.42. The molecule has 0 saturated carbocycles. The minimum absolute atomic E-state index is 0.00598. The number of benzene rings is 1. The van der Waals surface area contributed by atoms with Gasteiger partial charge in [-0.05, 0) is 6.92 Å². The van der Waals surface area contributed by atoms with Crippen molar-refractivity contribution in [2.24, 2.45) is 0 Å². The third kappa shape index (κ3) is 1.94. The number of halogens is 1. The number of rotatable bonds is 2. The largest absolute Gasteiger partial charge is 0.380 e. The molecule has 0 bridgehead atoms. The minimum Gasteiger partial charge on any atom is -0.380 e. The van der Waals surface area contributed by atoms with Crippen LogP contribution in [-0.4, -0.2) is 10.1 Å². The Labute approximate surface area is 101 Å². The summed E-state index contributed by atoms with van der Waals surface area (Å²) in [5.41, 5.74) is 6.46. The predicted octanol–water partition coefficient (Wildman–Crippen LogP) is 2.79. The first-order chi connectivity index (χ1) is 8.00. The van der Waals surface area contributed by atoms with Gasteiger partial charge >= 0.3 is 0 Å². The van der Waals surface area contributed by atoms with Crippen molar-refractivity contribution >= 4 is 23.1 Å². The van der Waals surface area contributed by atoms with Gasteiger partial charge < -0.3 is 10.3 Å². The van der Waals surface area contributed by atoms with Crippen molar-refractivity contribution in [3.8, 4) is 11.3 Å². The first-order valence-electron chi connectivity index (χ1n) is 4.66. The van der Waals surface area contributed by atoms with Gasteiger partial charge in [0.15, 0.2) is 11.6 Å². The molecule has 1 heterocycles. The summed E-state index contributed by atoms with van der Waals surface area (Å²) in [4.78, 5) is 10.3. The molecule has 6 nitrogen and oxygen atoms in total. The number of anilines is 1. The Hall–Kier alpha value is -2.08. The lowest BCUT2D eigenvalue weighted by atomic mass is 10.1. The van der Waals surface area contributed by atoms with Gasteiger partial charge in [0, 0.05) is 17.2 Å². The molecule has 17 heavy (non-hydrogen) atoms. The molecule has 88 valence electrons. The Morgan fingerprint density at radius 1 is 1.53 bits per heavy atom. The molecule has 0 unspecified atom stereocenters. The fourth-order valence-corrected chi connectivity index (χ4v) is 1.60. The summed E-state index contributed by atoms with van der Waals surface area (Å²) in [6.45, 7) is 1.65. The van der Waals surface area contributed by atoms with Crippen molar-refractivity contribution in [2.75, 3.05) is 5.73 Å². The first-order valence-corrected chi connectivity index (χ1v) is 5.04. The van der Waals surface area contributed by atoms with Gasteiger partial charge in [-0.3, -0.25) is 10.1 Å². The molecule has 2 aromatic rings. The molecule has 0 saturated heterocycles. The van der Waals surface area contributed by atoms with E-state index in [1.54, 1.807) is 19.1 Å². The third-order valence-corrected chi connectivity index (χ3v) is 2.69. The maximum atomic E-state index is 10.8. The van der Waals surface area contributed by atoms with E-state index < -0.39 is 4.92 Å². The minimum atomic E-state index is -0.466. The highest BCUT2D eigenvalue weighted by Gasteiger charge is 2.18. The molecule has 1 aromatic heterocycles. The number of aromatic nitrogens is 1. The van der Waals surface area contributed by atoms with E-state index in [0.29, 0.717) is 11.1 Å². The Morgan fingerprint density at radius 3 is 2.76 bits per heavy atom. The fraction of sp³-hybridized carbons (Fsp3) is 0.100. The van der Waals surface area contributed by atoms with Crippen LogP contribution in [0.25, 0.3) is 11.3 Å². The number of aryl methyl sites for hydroxylation is 1. The maximum absolute atomic E-state index is 10.8. The van der Waals surface area contributed by atoms with E-state index in [1.807, 2.05) is 0 Å². The van der Waals surface area contributed by atoms with Crippen LogP contribution in [0.15, 0.2) is 22.7 Å². The Bertz CT molecular complexity index is 594. The third-order valence-electron chi connectivity index (χ3n) is 2.33. The molecule has 2 N–H and O–H groups in total. The average Bonchev–Trinajstić information content (AvgIpc) is 2.60. The summed E-state index contributed by atoms with van der Waals surface area (Å²) in [6.07, 6.45) is 0. The van der Waals surface area contributed by atoms with Gasteiger partial charge in [-0.1, -0.05) is 28.9 Å². The van der Waals surface area contributed by atoms with Gasteiger partial charge in [-0.25, -0.2) is 0 Å². The van der Waals surface area contributed by atoms with Crippen LogP contribution < -0.4 is 5.73 Å². The first kappa shape index (κ1) is 11.4. The lowest BCUT2D eigenvalue weighted by Crippen LogP contribution is -1.92. The number of nitrogens with zero attached hydrogens (tertiary/aromatic N) is 2. The molecule has 7 heteroatoms. The van der Waals surface area contributed by atoms with Crippen molar-refractivity contribution < 1.29 is 9.45 Å². The molecule has 0 aliphatic heterocycles. The molecule has 0 radical (unpaired) electrons. The number of nitrogens with two attached hydrogens (primary N) is 1. The van der Waals surface area contributed by atoms with Gasteiger partial charge in [0.05, 0.1) is 4.92 Å². The predicted molar refractivity (Wildman–Crippen MR) is 62.8 cm³/mol. The molecule has 2 rings (SSSR count). The normalized spacial score (nSPS) is 10.5. The van der Waals surface area contributed by atoms with Crippen LogP contribution in [0.1, 0.15) is 5.56 Å². The second-order valence-electron chi connectivity index (χ2n) is 3.47. The monoisotopic (exact) mass is 253 g/mol. The van der Waals surface area contributed by atoms with Crippen molar-refractivity contribution in [1.82, 2.24) is 5.16 Å². The molecule has 1 aromatic carbocycles. The number of hydrogen-bond donors (Lipinski definition) is 1. The van der Waals surface area contributed by atoms with E-state index in [2.05, 4.69) is 5.16 Å². The number of nitrogen functional groups attached to an aromatic ring is 1. The number of hydrogen-bond acceptors (Lipinski definition) is 5. The van der Waals surface area contributed by atoms with Crippen LogP contribution in [0.3, 0.4) is 0 Å². The van der Waals surface area contributed by atoms with E-state index in [-0.39, 0.29) is 22.3 Å². The SMILES string of the molecule is Cc1ccc(-c2onc(N)c2Cl)cc1[N+](=O)[O-]. The van der Waals surface area contributed by atoms with Crippen LogP contribution in [0.5, 0.6) is 0 Å². The molecule has 0 aliphatic carbocycles. The molecule has 0 amide bonds. The van der Waals surface area contributed by atoms with Crippen molar-refractivity contribution in [3.63, 3.8) is 0 Å². The van der Waals surface area contributed by atoms with E-state index in [1.165, 1.54) is 6.07 Å². The zero-order valence-electron chi connectivity index (χ0n) is 8.81. The zero-order valence-corrected chi connectivity index (χ0v) is 9.56. The topological polar surface area (TPSA) is 95.2 Å². The second-order valence-corrected chi connectivity index (χ2v) is 3.85. The quantitative estimate of drug-likeness (QED) is 0.656. The van der Waals surface area contributed by atoms with Gasteiger partial charge in [0.25, 0.3) is 5.69 Å². The number of nitro benzene ring substituents is 1. The highest BCUT2D eigenvalue weighted by atomic mass is 35.5. The molecular formula is C10H8ClN3O3.